The van der Waals surface area contributed by atoms with Crippen molar-refractivity contribution < 1.29 is 18.7 Å². The summed E-state index contributed by atoms with van der Waals surface area (Å²) in [6.07, 6.45) is 7.26. The van der Waals surface area contributed by atoms with Crippen LogP contribution in [0.3, 0.4) is 0 Å². The van der Waals surface area contributed by atoms with Gasteiger partial charge in [-0.1, -0.05) is 32.1 Å². The number of likely N-dealkylation sites (tertiary alicyclic amines) is 1. The van der Waals surface area contributed by atoms with E-state index >= 15 is 0 Å². The van der Waals surface area contributed by atoms with Gasteiger partial charge in [0, 0.05) is 24.8 Å². The van der Waals surface area contributed by atoms with Gasteiger partial charge in [-0.2, -0.15) is 0 Å². The summed E-state index contributed by atoms with van der Waals surface area (Å²) in [5, 5.41) is 0. The summed E-state index contributed by atoms with van der Waals surface area (Å²) in [6, 6.07) is 8.89. The van der Waals surface area contributed by atoms with E-state index in [-0.39, 0.29) is 22.7 Å². The number of carbonyl (C=O) groups is 2. The smallest absolute Gasteiger partial charge is 0.293 e. The molecule has 39 heavy (non-hydrogen) atoms. The van der Waals surface area contributed by atoms with Gasteiger partial charge in [0.05, 0.1) is 0 Å². The highest BCUT2D eigenvalue weighted by atomic mass is 19.1. The molecule has 0 radical (unpaired) electrons. The number of aromatic nitrogens is 1. The molecule has 4 rings (SSSR count). The Labute approximate surface area is 234 Å². The van der Waals surface area contributed by atoms with Crippen molar-refractivity contribution in [1.29, 1.82) is 0 Å². The predicted molar refractivity (Wildman–Crippen MR) is 156 cm³/mol. The Kier molecular flexibility index (Phi) is 11.8. The second-order valence-corrected chi connectivity index (χ2v) is 10.9. The maximum absolute atomic E-state index is 14.1. The van der Waals surface area contributed by atoms with Gasteiger partial charge in [0.25, 0.3) is 12.4 Å². The molecule has 1 amide bonds. The lowest BCUT2D eigenvalue weighted by Crippen LogP contribution is -2.39. The molecule has 0 atom stereocenters. The van der Waals surface area contributed by atoms with Gasteiger partial charge in [-0.15, -0.1) is 0 Å². The number of allylic oxidation sites excluding steroid dienone is 1. The van der Waals surface area contributed by atoms with E-state index in [9.17, 15) is 14.0 Å². The fraction of sp³-hybridized carbons (Fsp3) is 0.531. The van der Waals surface area contributed by atoms with Crippen LogP contribution in [0.25, 0.3) is 5.57 Å². The summed E-state index contributed by atoms with van der Waals surface area (Å²) in [4.78, 5) is 30.8. The third-order valence-corrected chi connectivity index (χ3v) is 7.08. The second kappa shape index (κ2) is 14.4. The zero-order valence-corrected chi connectivity index (χ0v) is 25.0. The molecule has 1 fully saturated rings. The largest absolute Gasteiger partial charge is 0.462 e. The first kappa shape index (κ1) is 32.2. The second-order valence-electron chi connectivity index (χ2n) is 10.9. The lowest BCUT2D eigenvalue weighted by atomic mass is 9.67. The molecule has 214 valence electrons. The number of benzene rings is 1. The molecule has 0 N–H and O–H groups in total. The van der Waals surface area contributed by atoms with Crippen LogP contribution >= 0.6 is 0 Å². The van der Waals surface area contributed by atoms with Crippen molar-refractivity contribution in [2.24, 2.45) is 5.41 Å². The minimum Gasteiger partial charge on any atom is -0.462 e. The summed E-state index contributed by atoms with van der Waals surface area (Å²) >= 11 is 0. The van der Waals surface area contributed by atoms with Gasteiger partial charge in [0.2, 0.25) is 0 Å². The molecule has 6 nitrogen and oxygen atoms in total. The van der Waals surface area contributed by atoms with Crippen LogP contribution in [-0.2, 0) is 16.0 Å². The molecule has 0 unspecified atom stereocenters. The molecule has 1 aromatic carbocycles. The molecule has 0 saturated carbocycles. The first-order valence-corrected chi connectivity index (χ1v) is 14.1. The number of nitrogens with zero attached hydrogens (tertiary/aromatic N) is 3. The van der Waals surface area contributed by atoms with Crippen molar-refractivity contribution in [3.05, 3.63) is 70.8 Å². The third-order valence-electron chi connectivity index (χ3n) is 7.08. The van der Waals surface area contributed by atoms with Crippen molar-refractivity contribution in [3.8, 4) is 0 Å². The van der Waals surface area contributed by atoms with Crippen LogP contribution in [0.15, 0.2) is 42.6 Å². The topological polar surface area (TPSA) is 62.7 Å². The van der Waals surface area contributed by atoms with Crippen LogP contribution in [0.2, 0.25) is 0 Å². The van der Waals surface area contributed by atoms with Gasteiger partial charge in [-0.05, 0) is 114 Å². The third kappa shape index (κ3) is 8.72. The van der Waals surface area contributed by atoms with E-state index in [1.807, 2.05) is 60.6 Å². The number of fused-ring (bicyclic) bond motifs is 1. The number of ether oxygens (including phenoxy) is 1. The normalized spacial score (nSPS) is 16.0. The van der Waals surface area contributed by atoms with Crippen LogP contribution in [-0.4, -0.2) is 66.0 Å². The number of carbonyl (C=O) groups excluding carboxylic acids is 2. The molecular formula is C32H46FN3O3. The van der Waals surface area contributed by atoms with Crippen molar-refractivity contribution >= 4 is 18.0 Å². The standard InChI is InChI=1S/C25H30FN3O.C5H10O2.C2H6/c1-4-29(5-2)24(30)23-9-7-19(17-27-23)22-16-25(10-12-28(3)13-11-25)15-18-6-8-20(26)14-21(18)22;1-5(2,3)7-4-6;1-2/h6-9,14,16-17H,4-5,10-13,15H2,1-3H3;4H,1-3H3;1-2H3. The minimum absolute atomic E-state index is 0.0533. The Bertz CT molecular complexity index is 1110. The monoisotopic (exact) mass is 539 g/mol. The van der Waals surface area contributed by atoms with E-state index in [2.05, 4.69) is 27.7 Å². The van der Waals surface area contributed by atoms with E-state index in [1.54, 1.807) is 29.3 Å². The molecule has 1 spiro atoms. The molecule has 1 saturated heterocycles. The summed E-state index contributed by atoms with van der Waals surface area (Å²) in [5.41, 5.74) is 4.35. The fourth-order valence-corrected chi connectivity index (χ4v) is 4.89. The van der Waals surface area contributed by atoms with Crippen LogP contribution in [0.1, 0.15) is 88.5 Å². The SMILES string of the molecule is CC.CC(C)(C)OC=O.CCN(CC)C(=O)c1ccc(C2=CC3(CCN(C)CC3)Cc3ccc(F)cc32)cn1. The highest BCUT2D eigenvalue weighted by Gasteiger charge is 2.36. The van der Waals surface area contributed by atoms with Crippen LogP contribution < -0.4 is 0 Å². The zero-order chi connectivity index (χ0) is 29.2. The number of pyridine rings is 1. The van der Waals surface area contributed by atoms with Crippen molar-refractivity contribution in [2.45, 2.75) is 73.3 Å². The first-order chi connectivity index (χ1) is 18.5. The number of amides is 1. The molecule has 1 aliphatic heterocycles. The predicted octanol–water partition coefficient (Wildman–Crippen LogP) is 6.39. The summed E-state index contributed by atoms with van der Waals surface area (Å²) in [5.74, 6) is -0.275. The summed E-state index contributed by atoms with van der Waals surface area (Å²) in [7, 11) is 2.17. The Morgan fingerprint density at radius 2 is 1.77 bits per heavy atom. The highest BCUT2D eigenvalue weighted by molar-refractivity contribution is 5.93. The van der Waals surface area contributed by atoms with Crippen LogP contribution in [0.5, 0.6) is 0 Å². The molecule has 1 aliphatic carbocycles. The Morgan fingerprint density at radius 1 is 1.13 bits per heavy atom. The van der Waals surface area contributed by atoms with E-state index in [1.165, 1.54) is 5.56 Å². The Morgan fingerprint density at radius 3 is 2.26 bits per heavy atom. The minimum atomic E-state index is -0.318. The Hall–Kier alpha value is -3.06. The highest BCUT2D eigenvalue weighted by Crippen LogP contribution is 2.45. The van der Waals surface area contributed by atoms with Gasteiger partial charge in [-0.3, -0.25) is 14.6 Å². The van der Waals surface area contributed by atoms with Crippen molar-refractivity contribution in [2.75, 3.05) is 33.2 Å². The molecule has 7 heteroatoms. The van der Waals surface area contributed by atoms with E-state index in [4.69, 9.17) is 0 Å². The van der Waals surface area contributed by atoms with E-state index < -0.39 is 0 Å². The molecule has 0 bridgehead atoms. The van der Waals surface area contributed by atoms with Crippen molar-refractivity contribution in [1.82, 2.24) is 14.8 Å². The molecule has 2 aromatic rings. The molecule has 1 aromatic heterocycles. The van der Waals surface area contributed by atoms with Gasteiger partial charge in [0.1, 0.15) is 17.1 Å². The first-order valence-electron chi connectivity index (χ1n) is 14.1. The molecular weight excluding hydrogens is 493 g/mol. The summed E-state index contributed by atoms with van der Waals surface area (Å²) < 4.78 is 18.7. The number of hydrogen-bond donors (Lipinski definition) is 0. The lowest BCUT2D eigenvalue weighted by Gasteiger charge is -2.42. The number of rotatable bonds is 5. The maximum atomic E-state index is 14.1. The van der Waals surface area contributed by atoms with Crippen LogP contribution in [0, 0.1) is 11.2 Å². The van der Waals surface area contributed by atoms with Gasteiger partial charge in [0.15, 0.2) is 0 Å². The number of halogens is 1. The molecule has 2 heterocycles. The van der Waals surface area contributed by atoms with E-state index in [0.717, 1.165) is 49.1 Å². The fourth-order valence-electron chi connectivity index (χ4n) is 4.89. The number of piperidine rings is 1. The van der Waals surface area contributed by atoms with E-state index in [0.29, 0.717) is 25.3 Å². The van der Waals surface area contributed by atoms with Gasteiger partial charge in [-0.25, -0.2) is 4.39 Å². The average molecular weight is 540 g/mol. The lowest BCUT2D eigenvalue weighted by molar-refractivity contribution is -0.138. The summed E-state index contributed by atoms with van der Waals surface area (Å²) in [6.45, 7) is 17.3. The quantitative estimate of drug-likeness (QED) is 0.412. The van der Waals surface area contributed by atoms with Crippen LogP contribution in [0.4, 0.5) is 4.39 Å². The zero-order valence-electron chi connectivity index (χ0n) is 25.0. The molecule has 2 aliphatic rings. The maximum Gasteiger partial charge on any atom is 0.293 e. The Balaban J connectivity index is 0.000000517. The van der Waals surface area contributed by atoms with Gasteiger partial charge >= 0.3 is 0 Å². The van der Waals surface area contributed by atoms with Gasteiger partial charge < -0.3 is 14.5 Å². The van der Waals surface area contributed by atoms with Crippen molar-refractivity contribution in [3.63, 3.8) is 0 Å². The average Bonchev–Trinajstić information content (AvgIpc) is 2.92. The number of hydrogen-bond acceptors (Lipinski definition) is 5.